The molecule has 25 heavy (non-hydrogen) atoms. The average molecular weight is 366 g/mol. The normalized spacial score (nSPS) is 22.8. The van der Waals surface area contributed by atoms with Crippen LogP contribution in [0.4, 0.5) is 10.1 Å². The molecule has 0 radical (unpaired) electrons. The first kappa shape index (κ1) is 16.2. The van der Waals surface area contributed by atoms with E-state index in [0.717, 1.165) is 25.1 Å². The molecule has 2 aromatic carbocycles. The molecule has 0 amide bonds. The fourth-order valence-electron chi connectivity index (χ4n) is 3.52. The highest BCUT2D eigenvalue weighted by atomic mass is 32.2. The van der Waals surface area contributed by atoms with E-state index < -0.39 is 27.5 Å². The molecule has 4 rings (SSSR count). The summed E-state index contributed by atoms with van der Waals surface area (Å²) in [6.45, 7) is 1.21. The Kier molecular flexibility index (Phi) is 3.66. The van der Waals surface area contributed by atoms with Crippen molar-refractivity contribution in [2.45, 2.75) is 12.3 Å². The first-order valence-corrected chi connectivity index (χ1v) is 9.42. The van der Waals surface area contributed by atoms with E-state index in [1.54, 1.807) is 12.1 Å². The number of rotatable bonds is 2. The van der Waals surface area contributed by atoms with Crippen molar-refractivity contribution in [3.8, 4) is 5.75 Å². The maximum absolute atomic E-state index is 15.1. The number of nitroso groups, excluding NO2 is 1. The molecule has 0 aromatic heterocycles. The van der Waals surface area contributed by atoms with E-state index >= 15 is 4.39 Å². The zero-order valence-electron chi connectivity index (χ0n) is 13.3. The number of benzene rings is 2. The van der Waals surface area contributed by atoms with Crippen LogP contribution in [0.25, 0.3) is 10.8 Å². The van der Waals surface area contributed by atoms with Crippen LogP contribution in [-0.4, -0.2) is 43.9 Å². The smallest absolute Gasteiger partial charge is 0.506 e. The third-order valence-corrected chi connectivity index (χ3v) is 6.48. The predicted octanol–water partition coefficient (Wildman–Crippen LogP) is 1.61. The molecule has 0 bridgehead atoms. The lowest BCUT2D eigenvalue weighted by Gasteiger charge is -2.16. The number of aromatic hydroxyl groups is 1. The fraction of sp³-hybridized carbons (Fsp3) is 0.375. The van der Waals surface area contributed by atoms with Gasteiger partial charge in [-0.25, -0.2) is 4.39 Å². The Labute approximate surface area is 143 Å². The minimum absolute atomic E-state index is 0.100. The van der Waals surface area contributed by atoms with Gasteiger partial charge in [0.05, 0.1) is 0 Å². The van der Waals surface area contributed by atoms with E-state index in [1.807, 2.05) is 6.07 Å². The van der Waals surface area contributed by atoms with E-state index in [0.29, 0.717) is 9.69 Å². The molecule has 0 saturated carbocycles. The summed E-state index contributed by atoms with van der Waals surface area (Å²) < 4.78 is 39.8. The topological polar surface area (TPSA) is 89.7 Å². The molecule has 2 fully saturated rings. The molecule has 1 atom stereocenters. The van der Waals surface area contributed by atoms with Gasteiger partial charge >= 0.3 is 10.2 Å². The largest absolute Gasteiger partial charge is 0.512 e. The van der Waals surface area contributed by atoms with Crippen molar-refractivity contribution in [2.75, 3.05) is 30.5 Å². The van der Waals surface area contributed by atoms with E-state index in [1.165, 1.54) is 6.07 Å². The minimum Gasteiger partial charge on any atom is -0.506 e. The molecule has 132 valence electrons. The zero-order valence-corrected chi connectivity index (χ0v) is 14.1. The summed E-state index contributed by atoms with van der Waals surface area (Å²) in [5.74, 6) is -1.06. The highest BCUT2D eigenvalue weighted by molar-refractivity contribution is 7.87. The van der Waals surface area contributed by atoms with Gasteiger partial charge in [-0.15, -0.1) is 8.42 Å². The summed E-state index contributed by atoms with van der Waals surface area (Å²) >= 11 is 0. The highest BCUT2D eigenvalue weighted by Gasteiger charge is 2.47. The second-order valence-corrected chi connectivity index (χ2v) is 8.08. The summed E-state index contributed by atoms with van der Waals surface area (Å²) in [7, 11) is -4.36. The van der Waals surface area contributed by atoms with Gasteiger partial charge in [0.25, 0.3) is 0 Å². The van der Waals surface area contributed by atoms with Crippen LogP contribution in [0.2, 0.25) is 0 Å². The van der Waals surface area contributed by atoms with Crippen LogP contribution in [0.3, 0.4) is 0 Å². The van der Waals surface area contributed by atoms with Crippen molar-refractivity contribution in [3.63, 3.8) is 0 Å². The molecule has 9 heteroatoms. The molecular weight excluding hydrogens is 349 g/mol. The molecule has 7 nitrogen and oxygen atoms in total. The molecule has 2 saturated heterocycles. The van der Waals surface area contributed by atoms with Gasteiger partial charge in [-0.3, -0.25) is 0 Å². The number of fused-ring (bicyclic) bond motifs is 1. The molecule has 2 N–H and O–H groups in total. The van der Waals surface area contributed by atoms with Gasteiger partial charge in [-0.05, 0) is 42.0 Å². The van der Waals surface area contributed by atoms with Crippen molar-refractivity contribution < 1.29 is 22.1 Å². The number of anilines is 1. The molecule has 0 unspecified atom stereocenters. The van der Waals surface area contributed by atoms with Crippen molar-refractivity contribution in [3.05, 3.63) is 40.6 Å². The maximum atomic E-state index is 15.1. The van der Waals surface area contributed by atoms with Crippen LogP contribution >= 0.6 is 0 Å². The second-order valence-electron chi connectivity index (χ2n) is 6.33. The van der Waals surface area contributed by atoms with E-state index in [-0.39, 0.29) is 28.6 Å². The summed E-state index contributed by atoms with van der Waals surface area (Å²) in [6, 6.07) is 6.63. The van der Waals surface area contributed by atoms with E-state index in [2.05, 4.69) is 5.32 Å². The third kappa shape index (κ3) is 2.46. The quantitative estimate of drug-likeness (QED) is 0.788. The van der Waals surface area contributed by atoms with Crippen LogP contribution in [-0.2, 0) is 10.2 Å². The molecule has 2 aliphatic heterocycles. The third-order valence-electron chi connectivity index (χ3n) is 4.86. The van der Waals surface area contributed by atoms with Crippen molar-refractivity contribution in [1.29, 1.82) is 0 Å². The number of halogens is 1. The fourth-order valence-corrected chi connectivity index (χ4v) is 4.77. The second kappa shape index (κ2) is 5.63. The molecule has 0 spiro atoms. The van der Waals surface area contributed by atoms with Crippen LogP contribution in [0.5, 0.6) is 5.75 Å². The van der Waals surface area contributed by atoms with Crippen LogP contribution in [0.15, 0.2) is 24.3 Å². The van der Waals surface area contributed by atoms with E-state index in [4.69, 9.17) is 0 Å². The Morgan fingerprint density at radius 3 is 2.76 bits per heavy atom. The molecule has 2 aliphatic rings. The Balaban J connectivity index is 1.89. The molecule has 2 heterocycles. The number of hydrogen-bond acceptors (Lipinski definition) is 5. The van der Waals surface area contributed by atoms with Gasteiger partial charge in [0.1, 0.15) is 22.1 Å². The number of nitrogens with zero attached hydrogens (tertiary/aromatic N) is 2. The van der Waals surface area contributed by atoms with Gasteiger partial charge in [-0.1, -0.05) is 12.1 Å². The lowest BCUT2D eigenvalue weighted by atomic mass is 9.95. The van der Waals surface area contributed by atoms with Crippen LogP contribution < -0.4 is 9.62 Å². The van der Waals surface area contributed by atoms with Crippen LogP contribution in [0, 0.1) is 10.7 Å². The number of nitrogens with one attached hydrogen (secondary N) is 1. The van der Waals surface area contributed by atoms with Crippen molar-refractivity contribution in [1.82, 2.24) is 5.32 Å². The van der Waals surface area contributed by atoms with Gasteiger partial charge in [0, 0.05) is 16.8 Å². The SMILES string of the molecule is O=[N+]1CCN(c2c(O)cc3ccc([C@H]4CCNC4)cc3c2F)S1(=O)=O. The zero-order chi connectivity index (χ0) is 17.8. The van der Waals surface area contributed by atoms with Gasteiger partial charge in [0.15, 0.2) is 5.82 Å². The Morgan fingerprint density at radius 1 is 1.32 bits per heavy atom. The summed E-state index contributed by atoms with van der Waals surface area (Å²) in [5, 5.41) is 14.1. The Bertz CT molecular complexity index is 987. The van der Waals surface area contributed by atoms with Crippen LogP contribution in [0.1, 0.15) is 17.9 Å². The Morgan fingerprint density at radius 2 is 2.12 bits per heavy atom. The standard InChI is InChI=1S/C16H16FN3O4S/c17-15-13-7-10(12-3-4-18-9-12)1-2-11(13)8-14(21)16(15)19-5-6-20(22)25(19,23)24/h1-2,7-8,12,18H,3-6,9H2/p+1/t12-/m0/s1. The lowest BCUT2D eigenvalue weighted by molar-refractivity contribution is -0.375. The van der Waals surface area contributed by atoms with Gasteiger partial charge in [-0.2, -0.15) is 4.31 Å². The molecular formula is C16H17FN3O4S+. The maximum Gasteiger partial charge on any atom is 0.512 e. The first-order valence-electron chi connectivity index (χ1n) is 8.03. The first-order chi connectivity index (χ1) is 11.9. The average Bonchev–Trinajstić information content (AvgIpc) is 3.19. The lowest BCUT2D eigenvalue weighted by Crippen LogP contribution is -2.28. The van der Waals surface area contributed by atoms with Crippen molar-refractivity contribution in [2.24, 2.45) is 0 Å². The monoisotopic (exact) mass is 366 g/mol. The Hall–Kier alpha value is -2.26. The molecule has 2 aromatic rings. The summed E-state index contributed by atoms with van der Waals surface area (Å²) in [4.78, 5) is 11.5. The summed E-state index contributed by atoms with van der Waals surface area (Å²) in [6.07, 6.45) is 0.948. The highest BCUT2D eigenvalue weighted by Crippen LogP contribution is 2.40. The number of phenolic OH excluding ortho intramolecular Hbond substituents is 1. The van der Waals surface area contributed by atoms with Gasteiger partial charge in [0.2, 0.25) is 6.54 Å². The number of phenols is 1. The van der Waals surface area contributed by atoms with Crippen molar-refractivity contribution >= 4 is 26.7 Å². The van der Waals surface area contributed by atoms with Gasteiger partial charge < -0.3 is 10.4 Å². The van der Waals surface area contributed by atoms with E-state index in [9.17, 15) is 18.4 Å². The minimum atomic E-state index is -4.36. The summed E-state index contributed by atoms with van der Waals surface area (Å²) in [5.41, 5.74) is 0.496. The predicted molar refractivity (Wildman–Crippen MR) is 90.6 cm³/mol. The molecule has 0 aliphatic carbocycles. The number of hydrogen-bond donors (Lipinski definition) is 2.